The number of hydrogen-bond acceptors (Lipinski definition) is 2. The Kier molecular flexibility index (Phi) is 3.71. The minimum atomic E-state index is -0.707. The van der Waals surface area contributed by atoms with E-state index in [1.54, 1.807) is 19.1 Å². The van der Waals surface area contributed by atoms with E-state index in [0.717, 1.165) is 0 Å². The van der Waals surface area contributed by atoms with Crippen LogP contribution in [0.5, 0.6) is 0 Å². The molecule has 0 aromatic heterocycles. The summed E-state index contributed by atoms with van der Waals surface area (Å²) in [6.45, 7) is 3.39. The van der Waals surface area contributed by atoms with E-state index in [2.05, 4.69) is 4.99 Å². The molecule has 0 saturated carbocycles. The van der Waals surface area contributed by atoms with E-state index in [9.17, 15) is 0 Å². The number of aliphatic hydroxyl groups is 1. The summed E-state index contributed by atoms with van der Waals surface area (Å²) in [4.78, 5) is 3.63. The van der Waals surface area contributed by atoms with Crippen molar-refractivity contribution >= 4 is 5.84 Å². The zero-order valence-electron chi connectivity index (χ0n) is 5.70. The molecule has 0 amide bonds. The molecule has 0 aliphatic carbocycles. The molecule has 0 aromatic carbocycles. The van der Waals surface area contributed by atoms with Crippen LogP contribution in [0.25, 0.3) is 0 Å². The van der Waals surface area contributed by atoms with E-state index in [4.69, 9.17) is 10.8 Å². The number of amidine groups is 1. The van der Waals surface area contributed by atoms with Crippen molar-refractivity contribution in [2.24, 2.45) is 10.7 Å². The van der Waals surface area contributed by atoms with Gasteiger partial charge in [0.15, 0.2) is 0 Å². The van der Waals surface area contributed by atoms with Crippen LogP contribution in [0.2, 0.25) is 0 Å². The maximum atomic E-state index is 8.65. The number of allylic oxidation sites excluding steroid dienone is 1. The first-order valence-electron chi connectivity index (χ1n) is 2.81. The van der Waals surface area contributed by atoms with Gasteiger partial charge < -0.3 is 10.8 Å². The number of hydrogen-bond donors (Lipinski definition) is 2. The average Bonchev–Trinajstić information content (AvgIpc) is 1.63. The summed E-state index contributed by atoms with van der Waals surface area (Å²) in [7, 11) is 0. The van der Waals surface area contributed by atoms with Crippen LogP contribution in [0.3, 0.4) is 0 Å². The van der Waals surface area contributed by atoms with Gasteiger partial charge in [-0.3, -0.25) is 0 Å². The second-order valence-corrected chi connectivity index (χ2v) is 1.69. The molecule has 3 nitrogen and oxygen atoms in total. The summed E-state index contributed by atoms with van der Waals surface area (Å²) in [5, 5.41) is 8.65. The zero-order chi connectivity index (χ0) is 7.28. The van der Waals surface area contributed by atoms with Crippen LogP contribution in [0.15, 0.2) is 17.1 Å². The van der Waals surface area contributed by atoms with Crippen molar-refractivity contribution in [1.82, 2.24) is 0 Å². The van der Waals surface area contributed by atoms with Crippen molar-refractivity contribution in [3.05, 3.63) is 12.2 Å². The molecule has 0 saturated heterocycles. The minimum Gasteiger partial charge on any atom is -0.384 e. The Hall–Kier alpha value is -0.830. The molecule has 0 spiro atoms. The van der Waals surface area contributed by atoms with Gasteiger partial charge in [0.25, 0.3) is 0 Å². The molecule has 1 atom stereocenters. The number of nitrogens with zero attached hydrogens (tertiary/aromatic N) is 1. The summed E-state index contributed by atoms with van der Waals surface area (Å²) in [6, 6.07) is 0. The molecule has 1 unspecified atom stereocenters. The van der Waals surface area contributed by atoms with Crippen molar-refractivity contribution in [3.63, 3.8) is 0 Å². The molecule has 0 bridgehead atoms. The van der Waals surface area contributed by atoms with Crippen LogP contribution in [0.1, 0.15) is 13.8 Å². The van der Waals surface area contributed by atoms with Crippen LogP contribution in [-0.4, -0.2) is 17.2 Å². The predicted octanol–water partition coefficient (Wildman–Crippen LogP) is 0.258. The predicted molar refractivity (Wildman–Crippen MR) is 38.1 cm³/mol. The highest BCUT2D eigenvalue weighted by Gasteiger charge is 1.87. The molecule has 0 aliphatic heterocycles. The molecule has 0 fully saturated rings. The quantitative estimate of drug-likeness (QED) is 0.414. The molecule has 9 heavy (non-hydrogen) atoms. The zero-order valence-corrected chi connectivity index (χ0v) is 5.70. The second kappa shape index (κ2) is 4.09. The summed E-state index contributed by atoms with van der Waals surface area (Å²) in [5.74, 6) is 0.354. The normalized spacial score (nSPS) is 16.6. The molecule has 0 radical (unpaired) electrons. The minimum absolute atomic E-state index is 0.354. The van der Waals surface area contributed by atoms with Crippen molar-refractivity contribution in [1.29, 1.82) is 0 Å². The van der Waals surface area contributed by atoms with Gasteiger partial charge in [-0.15, -0.1) is 0 Å². The molecule has 3 N–H and O–H groups in total. The summed E-state index contributed by atoms with van der Waals surface area (Å²) in [5.41, 5.74) is 5.29. The molecule has 0 aromatic rings. The average molecular weight is 128 g/mol. The molecule has 0 rings (SSSR count). The van der Waals surface area contributed by atoms with Gasteiger partial charge in [0.1, 0.15) is 12.1 Å². The van der Waals surface area contributed by atoms with Crippen molar-refractivity contribution in [3.8, 4) is 0 Å². The van der Waals surface area contributed by atoms with Crippen LogP contribution < -0.4 is 5.73 Å². The second-order valence-electron chi connectivity index (χ2n) is 1.69. The van der Waals surface area contributed by atoms with Gasteiger partial charge in [-0.2, -0.15) is 0 Å². The maximum Gasteiger partial charge on any atom is 0.144 e. The monoisotopic (exact) mass is 128 g/mol. The number of aliphatic hydroxyl groups excluding tert-OH is 1. The van der Waals surface area contributed by atoms with E-state index < -0.39 is 6.23 Å². The highest BCUT2D eigenvalue weighted by atomic mass is 16.3. The van der Waals surface area contributed by atoms with Gasteiger partial charge in [-0.1, -0.05) is 6.08 Å². The number of aliphatic imine (C=N–C) groups is 1. The first kappa shape index (κ1) is 8.17. The third-order valence-corrected chi connectivity index (χ3v) is 0.673. The summed E-state index contributed by atoms with van der Waals surface area (Å²) in [6.07, 6.45) is 2.69. The molecule has 0 heterocycles. The first-order valence-corrected chi connectivity index (χ1v) is 2.81. The first-order chi connectivity index (χ1) is 4.16. The fourth-order valence-corrected chi connectivity index (χ4v) is 0.430. The van der Waals surface area contributed by atoms with E-state index in [1.165, 1.54) is 0 Å². The number of nitrogens with two attached hydrogens (primary N) is 1. The Labute approximate surface area is 54.9 Å². The molecule has 3 heteroatoms. The SMILES string of the molecule is C/C=C\C(N)=N/C(C)O. The molecular weight excluding hydrogens is 116 g/mol. The molecule has 0 aliphatic rings. The Balaban J connectivity index is 3.84. The Morgan fingerprint density at radius 2 is 2.33 bits per heavy atom. The Morgan fingerprint density at radius 3 is 2.67 bits per heavy atom. The van der Waals surface area contributed by atoms with Crippen LogP contribution in [0.4, 0.5) is 0 Å². The van der Waals surface area contributed by atoms with E-state index in [1.807, 2.05) is 6.92 Å². The van der Waals surface area contributed by atoms with Gasteiger partial charge >= 0.3 is 0 Å². The standard InChI is InChI=1S/C6H12N2O/c1-3-4-6(7)8-5(2)9/h3-5,9H,1-2H3,(H2,7,8)/b4-3-. The lowest BCUT2D eigenvalue weighted by Gasteiger charge is -1.94. The highest BCUT2D eigenvalue weighted by Crippen LogP contribution is 1.82. The molecular formula is C6H12N2O. The van der Waals surface area contributed by atoms with Crippen LogP contribution >= 0.6 is 0 Å². The van der Waals surface area contributed by atoms with Gasteiger partial charge in [-0.05, 0) is 19.9 Å². The topological polar surface area (TPSA) is 58.6 Å². The number of rotatable bonds is 2. The third kappa shape index (κ3) is 5.03. The van der Waals surface area contributed by atoms with E-state index in [-0.39, 0.29) is 0 Å². The van der Waals surface area contributed by atoms with Crippen molar-refractivity contribution < 1.29 is 5.11 Å². The van der Waals surface area contributed by atoms with Gasteiger partial charge in [0, 0.05) is 0 Å². The lowest BCUT2D eigenvalue weighted by atomic mass is 10.5. The smallest absolute Gasteiger partial charge is 0.144 e. The lowest BCUT2D eigenvalue weighted by Crippen LogP contribution is -2.11. The van der Waals surface area contributed by atoms with Gasteiger partial charge in [0.2, 0.25) is 0 Å². The van der Waals surface area contributed by atoms with E-state index in [0.29, 0.717) is 5.84 Å². The maximum absolute atomic E-state index is 8.65. The summed E-state index contributed by atoms with van der Waals surface area (Å²) < 4.78 is 0. The third-order valence-electron chi connectivity index (χ3n) is 0.673. The van der Waals surface area contributed by atoms with Gasteiger partial charge in [0.05, 0.1) is 0 Å². The van der Waals surface area contributed by atoms with Gasteiger partial charge in [-0.25, -0.2) is 4.99 Å². The van der Waals surface area contributed by atoms with Crippen molar-refractivity contribution in [2.45, 2.75) is 20.1 Å². The Morgan fingerprint density at radius 1 is 1.78 bits per heavy atom. The summed E-state index contributed by atoms with van der Waals surface area (Å²) >= 11 is 0. The fourth-order valence-electron chi connectivity index (χ4n) is 0.430. The lowest BCUT2D eigenvalue weighted by molar-refractivity contribution is 0.205. The van der Waals surface area contributed by atoms with Crippen LogP contribution in [-0.2, 0) is 0 Å². The van der Waals surface area contributed by atoms with Crippen molar-refractivity contribution in [2.75, 3.05) is 0 Å². The Bertz CT molecular complexity index is 127. The van der Waals surface area contributed by atoms with Crippen LogP contribution in [0, 0.1) is 0 Å². The largest absolute Gasteiger partial charge is 0.384 e. The van der Waals surface area contributed by atoms with E-state index >= 15 is 0 Å². The highest BCUT2D eigenvalue weighted by molar-refractivity contribution is 5.91. The fraction of sp³-hybridized carbons (Fsp3) is 0.500. The molecule has 52 valence electrons.